The number of hydrogen-bond acceptors (Lipinski definition) is 4. The number of urea groups is 1. The Bertz CT molecular complexity index is 860. The van der Waals surface area contributed by atoms with Gasteiger partial charge in [-0.05, 0) is 65.9 Å². The molecule has 0 spiro atoms. The van der Waals surface area contributed by atoms with Crippen LogP contribution >= 0.6 is 22.6 Å². The van der Waals surface area contributed by atoms with Crippen LogP contribution in [0.1, 0.15) is 5.56 Å². The van der Waals surface area contributed by atoms with E-state index >= 15 is 0 Å². The SMILES string of the molecule is Cc1ccc(N=C[C@@H]2C(=O)NC(=O)N(c3ccc(I)cc3)C2=O)cc1. The molecule has 1 atom stereocenters. The summed E-state index contributed by atoms with van der Waals surface area (Å²) in [6, 6.07) is 13.5. The number of aliphatic imine (C=N–C) groups is 1. The molecule has 1 heterocycles. The molecule has 126 valence electrons. The summed E-state index contributed by atoms with van der Waals surface area (Å²) < 4.78 is 0.972. The number of amides is 4. The number of halogens is 1. The summed E-state index contributed by atoms with van der Waals surface area (Å²) in [5.41, 5.74) is 2.12. The molecule has 0 radical (unpaired) electrons. The van der Waals surface area contributed by atoms with Crippen LogP contribution in [-0.4, -0.2) is 24.1 Å². The Hall–Kier alpha value is -2.55. The quantitative estimate of drug-likeness (QED) is 0.446. The molecule has 1 saturated heterocycles. The average Bonchev–Trinajstić information content (AvgIpc) is 2.57. The molecule has 1 N–H and O–H groups in total. The fraction of sp³-hybridized carbons (Fsp3) is 0.111. The Balaban J connectivity index is 1.87. The Labute approximate surface area is 158 Å². The van der Waals surface area contributed by atoms with Gasteiger partial charge in [-0.2, -0.15) is 0 Å². The standard InChI is InChI=1S/C18H14IN3O3/c1-11-2-6-13(7-3-11)20-10-15-16(23)21-18(25)22(17(15)24)14-8-4-12(19)5-9-14/h2-10,15H,1H3,(H,21,23,25)/t15-/m1/s1. The van der Waals surface area contributed by atoms with Crippen molar-refractivity contribution in [2.24, 2.45) is 10.9 Å². The zero-order chi connectivity index (χ0) is 18.0. The largest absolute Gasteiger partial charge is 0.335 e. The van der Waals surface area contributed by atoms with E-state index in [1.165, 1.54) is 6.21 Å². The first-order valence-electron chi connectivity index (χ1n) is 7.51. The number of benzene rings is 2. The number of rotatable bonds is 3. The second-order valence-electron chi connectivity index (χ2n) is 5.54. The van der Waals surface area contributed by atoms with Gasteiger partial charge >= 0.3 is 6.03 Å². The lowest BCUT2D eigenvalue weighted by Gasteiger charge is -2.28. The molecule has 0 aromatic heterocycles. The Kier molecular flexibility index (Phi) is 4.93. The van der Waals surface area contributed by atoms with E-state index in [2.05, 4.69) is 32.9 Å². The van der Waals surface area contributed by atoms with E-state index in [9.17, 15) is 14.4 Å². The molecule has 1 aliphatic heterocycles. The van der Waals surface area contributed by atoms with Crippen LogP contribution in [0, 0.1) is 16.4 Å². The summed E-state index contributed by atoms with van der Waals surface area (Å²) in [5.74, 6) is -2.45. The molecule has 25 heavy (non-hydrogen) atoms. The minimum Gasteiger partial charge on any atom is -0.276 e. The number of carbonyl (C=O) groups excluding carboxylic acids is 3. The maximum atomic E-state index is 12.7. The lowest BCUT2D eigenvalue weighted by molar-refractivity contribution is -0.131. The molecular formula is C18H14IN3O3. The molecule has 1 aliphatic rings. The smallest absolute Gasteiger partial charge is 0.276 e. The van der Waals surface area contributed by atoms with Crippen molar-refractivity contribution in [3.8, 4) is 0 Å². The van der Waals surface area contributed by atoms with Gasteiger partial charge in [-0.15, -0.1) is 0 Å². The Morgan fingerprint density at radius 2 is 1.68 bits per heavy atom. The second kappa shape index (κ2) is 7.14. The molecule has 6 nitrogen and oxygen atoms in total. The van der Waals surface area contributed by atoms with Gasteiger partial charge in [0, 0.05) is 9.78 Å². The third-order valence-electron chi connectivity index (χ3n) is 3.69. The van der Waals surface area contributed by atoms with Crippen molar-refractivity contribution in [2.45, 2.75) is 6.92 Å². The van der Waals surface area contributed by atoms with E-state index < -0.39 is 23.8 Å². The highest BCUT2D eigenvalue weighted by molar-refractivity contribution is 14.1. The summed E-state index contributed by atoms with van der Waals surface area (Å²) in [4.78, 5) is 41.9. The number of nitrogens with zero attached hydrogens (tertiary/aromatic N) is 2. The first-order chi connectivity index (χ1) is 12.0. The van der Waals surface area contributed by atoms with Gasteiger partial charge in [0.2, 0.25) is 5.91 Å². The number of carbonyl (C=O) groups is 3. The van der Waals surface area contributed by atoms with Crippen molar-refractivity contribution >= 4 is 58.0 Å². The number of hydrogen-bond donors (Lipinski definition) is 1. The maximum Gasteiger partial charge on any atom is 0.335 e. The highest BCUT2D eigenvalue weighted by Gasteiger charge is 2.40. The average molecular weight is 447 g/mol. The number of aryl methyl sites for hydroxylation is 1. The zero-order valence-corrected chi connectivity index (χ0v) is 15.4. The number of barbiturate groups is 1. The first kappa shape index (κ1) is 17.3. The van der Waals surface area contributed by atoms with Gasteiger partial charge in [0.1, 0.15) is 0 Å². The van der Waals surface area contributed by atoms with Gasteiger partial charge in [0.25, 0.3) is 5.91 Å². The molecular weight excluding hydrogens is 433 g/mol. The fourth-order valence-electron chi connectivity index (χ4n) is 2.35. The molecule has 2 aromatic rings. The molecule has 2 aromatic carbocycles. The highest BCUT2D eigenvalue weighted by atomic mass is 127. The van der Waals surface area contributed by atoms with E-state index in [0.717, 1.165) is 14.0 Å². The molecule has 0 aliphatic carbocycles. The van der Waals surface area contributed by atoms with Crippen LogP contribution in [0.15, 0.2) is 53.5 Å². The number of nitrogens with one attached hydrogen (secondary N) is 1. The lowest BCUT2D eigenvalue weighted by atomic mass is 10.1. The first-order valence-corrected chi connectivity index (χ1v) is 8.59. The third kappa shape index (κ3) is 3.76. The lowest BCUT2D eigenvalue weighted by Crippen LogP contribution is -2.58. The van der Waals surface area contributed by atoms with Crippen molar-refractivity contribution in [3.63, 3.8) is 0 Å². The molecule has 0 unspecified atom stereocenters. The zero-order valence-electron chi connectivity index (χ0n) is 13.3. The van der Waals surface area contributed by atoms with Crippen LogP contribution in [0.3, 0.4) is 0 Å². The van der Waals surface area contributed by atoms with Crippen LogP contribution < -0.4 is 10.2 Å². The van der Waals surface area contributed by atoms with Gasteiger partial charge in [-0.1, -0.05) is 17.7 Å². The van der Waals surface area contributed by atoms with Crippen molar-refractivity contribution in [1.82, 2.24) is 5.32 Å². The molecule has 3 rings (SSSR count). The fourth-order valence-corrected chi connectivity index (χ4v) is 2.71. The maximum absolute atomic E-state index is 12.7. The van der Waals surface area contributed by atoms with Gasteiger partial charge in [0.05, 0.1) is 11.4 Å². The van der Waals surface area contributed by atoms with Gasteiger partial charge < -0.3 is 0 Å². The minimum absolute atomic E-state index is 0.407. The van der Waals surface area contributed by atoms with E-state index in [1.54, 1.807) is 36.4 Å². The van der Waals surface area contributed by atoms with Crippen molar-refractivity contribution in [1.29, 1.82) is 0 Å². The van der Waals surface area contributed by atoms with Gasteiger partial charge in [0.15, 0.2) is 5.92 Å². The van der Waals surface area contributed by atoms with Gasteiger partial charge in [-0.3, -0.25) is 19.9 Å². The second-order valence-corrected chi connectivity index (χ2v) is 6.78. The summed E-state index contributed by atoms with van der Waals surface area (Å²) in [7, 11) is 0. The summed E-state index contributed by atoms with van der Waals surface area (Å²) in [6.45, 7) is 1.95. The van der Waals surface area contributed by atoms with E-state index in [1.807, 2.05) is 19.1 Å². The molecule has 0 bridgehead atoms. The van der Waals surface area contributed by atoms with E-state index in [-0.39, 0.29) is 0 Å². The number of imide groups is 2. The van der Waals surface area contributed by atoms with Crippen molar-refractivity contribution < 1.29 is 14.4 Å². The summed E-state index contributed by atoms with van der Waals surface area (Å²) >= 11 is 2.13. The van der Waals surface area contributed by atoms with Crippen LogP contribution in [0.25, 0.3) is 0 Å². The predicted molar refractivity (Wildman–Crippen MR) is 103 cm³/mol. The predicted octanol–water partition coefficient (Wildman–Crippen LogP) is 3.20. The molecule has 1 fully saturated rings. The molecule has 0 saturated carbocycles. The Morgan fingerprint density at radius 1 is 1.04 bits per heavy atom. The summed E-state index contributed by atoms with van der Waals surface area (Å²) in [5, 5.41) is 2.20. The van der Waals surface area contributed by atoms with Crippen LogP contribution in [0.4, 0.5) is 16.2 Å². The molecule has 7 heteroatoms. The Morgan fingerprint density at radius 3 is 2.32 bits per heavy atom. The minimum atomic E-state index is -1.15. The van der Waals surface area contributed by atoms with E-state index in [0.29, 0.717) is 11.4 Å². The van der Waals surface area contributed by atoms with Crippen molar-refractivity contribution in [2.75, 3.05) is 4.90 Å². The topological polar surface area (TPSA) is 78.8 Å². The van der Waals surface area contributed by atoms with E-state index in [4.69, 9.17) is 0 Å². The molecule has 4 amide bonds. The van der Waals surface area contributed by atoms with Crippen LogP contribution in [-0.2, 0) is 9.59 Å². The third-order valence-corrected chi connectivity index (χ3v) is 4.41. The van der Waals surface area contributed by atoms with Crippen LogP contribution in [0.2, 0.25) is 0 Å². The monoisotopic (exact) mass is 447 g/mol. The summed E-state index contributed by atoms with van der Waals surface area (Å²) in [6.07, 6.45) is 1.27. The van der Waals surface area contributed by atoms with Crippen molar-refractivity contribution in [3.05, 3.63) is 57.7 Å². The normalized spacial score (nSPS) is 17.9. The number of anilines is 1. The van der Waals surface area contributed by atoms with Gasteiger partial charge in [-0.25, -0.2) is 9.69 Å². The van der Waals surface area contributed by atoms with Crippen LogP contribution in [0.5, 0.6) is 0 Å². The highest BCUT2D eigenvalue weighted by Crippen LogP contribution is 2.22.